The third-order valence-electron chi connectivity index (χ3n) is 3.59. The van der Waals surface area contributed by atoms with Gasteiger partial charge in [0.25, 0.3) is 0 Å². The van der Waals surface area contributed by atoms with Gasteiger partial charge in [-0.05, 0) is 26.2 Å². The minimum Gasteiger partial charge on any atom is -0.356 e. The fourth-order valence-corrected chi connectivity index (χ4v) is 3.50. The van der Waals surface area contributed by atoms with Gasteiger partial charge in [-0.15, -0.1) is 0 Å². The van der Waals surface area contributed by atoms with Gasteiger partial charge in [0.15, 0.2) is 0 Å². The van der Waals surface area contributed by atoms with Crippen LogP contribution in [0.4, 0.5) is 0 Å². The molecule has 1 fully saturated rings. The van der Waals surface area contributed by atoms with Crippen LogP contribution in [0.25, 0.3) is 0 Å². The summed E-state index contributed by atoms with van der Waals surface area (Å²) >= 11 is 0. The number of hydrogen-bond acceptors (Lipinski definition) is 3. The smallest absolute Gasteiger partial charge is 0.224 e. The molecule has 19 heavy (non-hydrogen) atoms. The van der Waals surface area contributed by atoms with E-state index in [1.807, 2.05) is 0 Å². The van der Waals surface area contributed by atoms with Crippen LogP contribution in [-0.4, -0.2) is 44.0 Å². The van der Waals surface area contributed by atoms with Crippen LogP contribution in [0, 0.1) is 5.92 Å². The van der Waals surface area contributed by atoms with Gasteiger partial charge in [-0.25, -0.2) is 12.7 Å². The normalized spacial score (nSPS) is 21.3. The predicted octanol–water partition coefficient (Wildman–Crippen LogP) is 1.35. The second-order valence-corrected chi connectivity index (χ2v) is 7.35. The zero-order valence-electron chi connectivity index (χ0n) is 12.0. The molecule has 0 bridgehead atoms. The van der Waals surface area contributed by atoms with Gasteiger partial charge in [0, 0.05) is 19.6 Å². The fraction of sp³-hybridized carbons (Fsp3) is 0.923. The molecule has 0 aromatic rings. The number of nitrogens with one attached hydrogen (secondary N) is 1. The van der Waals surface area contributed by atoms with Crippen molar-refractivity contribution < 1.29 is 13.2 Å². The van der Waals surface area contributed by atoms with E-state index < -0.39 is 10.0 Å². The molecule has 5 nitrogen and oxygen atoms in total. The average molecular weight is 290 g/mol. The maximum atomic E-state index is 12.0. The van der Waals surface area contributed by atoms with Crippen molar-refractivity contribution in [3.8, 4) is 0 Å². The van der Waals surface area contributed by atoms with E-state index in [9.17, 15) is 13.2 Å². The Morgan fingerprint density at radius 1 is 1.32 bits per heavy atom. The second kappa shape index (κ2) is 7.85. The molecule has 0 aliphatic carbocycles. The summed E-state index contributed by atoms with van der Waals surface area (Å²) in [7, 11) is -3.16. The zero-order chi connectivity index (χ0) is 14.3. The maximum Gasteiger partial charge on any atom is 0.224 e. The van der Waals surface area contributed by atoms with E-state index in [1.54, 1.807) is 6.92 Å². The first-order valence-electron chi connectivity index (χ1n) is 7.26. The Labute approximate surface area is 116 Å². The molecule has 1 heterocycles. The van der Waals surface area contributed by atoms with E-state index >= 15 is 0 Å². The Hall–Kier alpha value is -0.620. The number of unbranched alkanes of at least 4 members (excludes halogenated alkanes) is 2. The number of carbonyl (C=O) groups is 1. The van der Waals surface area contributed by atoms with E-state index in [1.165, 1.54) is 4.31 Å². The average Bonchev–Trinajstić information content (AvgIpc) is 2.43. The molecule has 1 amide bonds. The topological polar surface area (TPSA) is 66.5 Å². The SMILES string of the molecule is CCCCCNC(=O)[C@@H]1CCCN(S(=O)(=O)CC)C1. The standard InChI is InChI=1S/C13H26N2O3S/c1-3-5-6-9-14-13(16)12-8-7-10-15(11-12)19(17,18)4-2/h12H,3-11H2,1-2H3,(H,14,16)/t12-/m1/s1. The molecular formula is C13H26N2O3S. The molecule has 1 N–H and O–H groups in total. The lowest BCUT2D eigenvalue weighted by molar-refractivity contribution is -0.126. The molecule has 1 aliphatic rings. The Morgan fingerprint density at radius 2 is 2.05 bits per heavy atom. The minimum absolute atomic E-state index is 0.00658. The summed E-state index contributed by atoms with van der Waals surface area (Å²) in [6.07, 6.45) is 4.79. The molecule has 0 aromatic carbocycles. The molecule has 1 atom stereocenters. The number of nitrogens with zero attached hydrogens (tertiary/aromatic N) is 1. The maximum absolute atomic E-state index is 12.0. The summed E-state index contributed by atoms with van der Waals surface area (Å²) in [6, 6.07) is 0. The predicted molar refractivity (Wildman–Crippen MR) is 76.3 cm³/mol. The number of hydrogen-bond donors (Lipinski definition) is 1. The quantitative estimate of drug-likeness (QED) is 0.720. The molecule has 0 saturated carbocycles. The number of carbonyl (C=O) groups excluding carboxylic acids is 1. The number of amides is 1. The van der Waals surface area contributed by atoms with Crippen LogP contribution in [0.1, 0.15) is 46.0 Å². The Kier molecular flexibility index (Phi) is 6.79. The lowest BCUT2D eigenvalue weighted by Gasteiger charge is -2.30. The monoisotopic (exact) mass is 290 g/mol. The fourth-order valence-electron chi connectivity index (χ4n) is 2.32. The van der Waals surface area contributed by atoms with Gasteiger partial charge in [-0.2, -0.15) is 0 Å². The van der Waals surface area contributed by atoms with Crippen molar-refractivity contribution in [2.75, 3.05) is 25.4 Å². The molecule has 6 heteroatoms. The highest BCUT2D eigenvalue weighted by Crippen LogP contribution is 2.19. The van der Waals surface area contributed by atoms with Crippen LogP contribution < -0.4 is 5.32 Å². The third kappa shape index (κ3) is 5.10. The largest absolute Gasteiger partial charge is 0.356 e. The third-order valence-corrected chi connectivity index (χ3v) is 5.44. The minimum atomic E-state index is -3.16. The van der Waals surface area contributed by atoms with Crippen LogP contribution >= 0.6 is 0 Å². The number of rotatable bonds is 7. The van der Waals surface area contributed by atoms with E-state index in [-0.39, 0.29) is 17.6 Å². The van der Waals surface area contributed by atoms with Gasteiger partial charge in [0.1, 0.15) is 0 Å². The molecule has 0 radical (unpaired) electrons. The molecule has 0 unspecified atom stereocenters. The summed E-state index contributed by atoms with van der Waals surface area (Å²) < 4.78 is 25.1. The summed E-state index contributed by atoms with van der Waals surface area (Å²) in [6.45, 7) is 5.36. The molecular weight excluding hydrogens is 264 g/mol. The van der Waals surface area contributed by atoms with E-state index in [0.717, 1.165) is 32.1 Å². The van der Waals surface area contributed by atoms with Crippen LogP contribution in [0.2, 0.25) is 0 Å². The van der Waals surface area contributed by atoms with Crippen molar-refractivity contribution in [1.82, 2.24) is 9.62 Å². The molecule has 112 valence electrons. The highest BCUT2D eigenvalue weighted by Gasteiger charge is 2.31. The summed E-state index contributed by atoms with van der Waals surface area (Å²) in [4.78, 5) is 12.0. The molecule has 1 saturated heterocycles. The van der Waals surface area contributed by atoms with Crippen molar-refractivity contribution >= 4 is 15.9 Å². The second-order valence-electron chi connectivity index (χ2n) is 5.10. The van der Waals surface area contributed by atoms with E-state index in [0.29, 0.717) is 19.6 Å². The highest BCUT2D eigenvalue weighted by molar-refractivity contribution is 7.89. The van der Waals surface area contributed by atoms with Gasteiger partial charge >= 0.3 is 0 Å². The molecule has 0 spiro atoms. The number of sulfonamides is 1. The zero-order valence-corrected chi connectivity index (χ0v) is 12.8. The van der Waals surface area contributed by atoms with Crippen LogP contribution in [-0.2, 0) is 14.8 Å². The number of piperidine rings is 1. The van der Waals surface area contributed by atoms with E-state index in [2.05, 4.69) is 12.2 Å². The summed E-state index contributed by atoms with van der Waals surface area (Å²) in [5.74, 6) is -0.0681. The molecule has 0 aromatic heterocycles. The molecule has 1 aliphatic heterocycles. The van der Waals surface area contributed by atoms with Gasteiger partial charge < -0.3 is 5.32 Å². The highest BCUT2D eigenvalue weighted by atomic mass is 32.2. The molecule has 1 rings (SSSR count). The lowest BCUT2D eigenvalue weighted by atomic mass is 9.99. The van der Waals surface area contributed by atoms with Gasteiger partial charge in [0.05, 0.1) is 11.7 Å². The summed E-state index contributed by atoms with van der Waals surface area (Å²) in [5, 5.41) is 2.92. The van der Waals surface area contributed by atoms with Crippen molar-refractivity contribution in [2.24, 2.45) is 5.92 Å². The van der Waals surface area contributed by atoms with Crippen molar-refractivity contribution in [3.63, 3.8) is 0 Å². The van der Waals surface area contributed by atoms with Gasteiger partial charge in [0.2, 0.25) is 15.9 Å². The van der Waals surface area contributed by atoms with Crippen molar-refractivity contribution in [2.45, 2.75) is 46.0 Å². The first-order valence-corrected chi connectivity index (χ1v) is 8.87. The van der Waals surface area contributed by atoms with Crippen LogP contribution in [0.15, 0.2) is 0 Å². The van der Waals surface area contributed by atoms with Crippen molar-refractivity contribution in [1.29, 1.82) is 0 Å². The first kappa shape index (κ1) is 16.4. The van der Waals surface area contributed by atoms with E-state index in [4.69, 9.17) is 0 Å². The van der Waals surface area contributed by atoms with Gasteiger partial charge in [-0.3, -0.25) is 4.79 Å². The first-order chi connectivity index (χ1) is 9.01. The Bertz CT molecular complexity index is 381. The van der Waals surface area contributed by atoms with Crippen LogP contribution in [0.5, 0.6) is 0 Å². The lowest BCUT2D eigenvalue weighted by Crippen LogP contribution is -2.46. The Morgan fingerprint density at radius 3 is 2.68 bits per heavy atom. The van der Waals surface area contributed by atoms with Gasteiger partial charge in [-0.1, -0.05) is 19.8 Å². The summed E-state index contributed by atoms with van der Waals surface area (Å²) in [5.41, 5.74) is 0. The van der Waals surface area contributed by atoms with Crippen LogP contribution in [0.3, 0.4) is 0 Å². The van der Waals surface area contributed by atoms with Crippen molar-refractivity contribution in [3.05, 3.63) is 0 Å². The Balaban J connectivity index is 2.44.